The molecule has 0 aliphatic carbocycles. The molecule has 0 amide bonds. The van der Waals surface area contributed by atoms with Crippen molar-refractivity contribution < 1.29 is 0 Å². The fraction of sp³-hybridized carbons (Fsp3) is 0.583. The lowest BCUT2D eigenvalue weighted by atomic mass is 10.1. The molecule has 4 heteroatoms. The van der Waals surface area contributed by atoms with Gasteiger partial charge in [0.05, 0.1) is 5.69 Å². The van der Waals surface area contributed by atoms with Crippen molar-refractivity contribution in [3.05, 3.63) is 23.5 Å². The van der Waals surface area contributed by atoms with Crippen LogP contribution in [0.3, 0.4) is 0 Å². The van der Waals surface area contributed by atoms with Gasteiger partial charge >= 0.3 is 0 Å². The molecule has 3 nitrogen and oxygen atoms in total. The van der Waals surface area contributed by atoms with Gasteiger partial charge in [-0.15, -0.1) is 11.3 Å². The second-order valence-electron chi connectivity index (χ2n) is 4.16. The van der Waals surface area contributed by atoms with E-state index in [1.165, 1.54) is 12.8 Å². The Bertz CT molecular complexity index is 413. The fourth-order valence-electron chi connectivity index (χ4n) is 1.92. The van der Waals surface area contributed by atoms with E-state index in [2.05, 4.69) is 53.2 Å². The van der Waals surface area contributed by atoms with Gasteiger partial charge in [0.1, 0.15) is 0 Å². The number of hydrogen-bond donors (Lipinski definition) is 1. The third-order valence-electron chi connectivity index (χ3n) is 3.03. The monoisotopic (exact) mass is 237 g/mol. The average Bonchev–Trinajstić information content (AvgIpc) is 2.85. The Morgan fingerprint density at radius 2 is 2.19 bits per heavy atom. The molecule has 0 saturated carbocycles. The molecule has 0 bridgehead atoms. The zero-order valence-electron chi connectivity index (χ0n) is 10.1. The Morgan fingerprint density at radius 1 is 1.44 bits per heavy atom. The maximum atomic E-state index is 4.61. The molecular formula is C12H19N3S. The molecule has 0 unspecified atom stereocenters. The Hall–Kier alpha value is -0.870. The van der Waals surface area contributed by atoms with Crippen LogP contribution < -0.4 is 5.32 Å². The maximum absolute atomic E-state index is 4.61. The predicted octanol–water partition coefficient (Wildman–Crippen LogP) is 3.24. The highest BCUT2D eigenvalue weighted by molar-refractivity contribution is 7.15. The topological polar surface area (TPSA) is 29.3 Å². The zero-order chi connectivity index (χ0) is 11.5. The second kappa shape index (κ2) is 4.97. The molecule has 0 aliphatic rings. The van der Waals surface area contributed by atoms with Crippen LogP contribution in [0.4, 0.5) is 0 Å². The molecule has 2 aromatic rings. The van der Waals surface area contributed by atoms with Gasteiger partial charge in [-0.05, 0) is 19.8 Å². The number of imidazole rings is 1. The van der Waals surface area contributed by atoms with Crippen molar-refractivity contribution in [3.8, 4) is 0 Å². The number of rotatable bonds is 5. The van der Waals surface area contributed by atoms with Gasteiger partial charge in [-0.3, -0.25) is 4.40 Å². The SMILES string of the molecule is CCC(CC)N[C@@H](C)c1cn2ccsc2n1. The number of nitrogens with zero attached hydrogens (tertiary/aromatic N) is 2. The first-order chi connectivity index (χ1) is 7.74. The van der Waals surface area contributed by atoms with Crippen LogP contribution >= 0.6 is 11.3 Å². The Balaban J connectivity index is 2.09. The first kappa shape index (κ1) is 11.6. The molecule has 0 saturated heterocycles. The Labute approximate surface area is 101 Å². The third kappa shape index (κ3) is 2.28. The number of aromatic nitrogens is 2. The van der Waals surface area contributed by atoms with Gasteiger partial charge in [-0.1, -0.05) is 13.8 Å². The normalized spacial score (nSPS) is 13.8. The molecule has 2 aromatic heterocycles. The van der Waals surface area contributed by atoms with E-state index in [9.17, 15) is 0 Å². The molecule has 88 valence electrons. The summed E-state index contributed by atoms with van der Waals surface area (Å²) in [5.41, 5.74) is 1.14. The highest BCUT2D eigenvalue weighted by atomic mass is 32.1. The van der Waals surface area contributed by atoms with Crippen LogP contribution in [0, 0.1) is 0 Å². The van der Waals surface area contributed by atoms with Gasteiger partial charge in [0.15, 0.2) is 4.96 Å². The van der Waals surface area contributed by atoms with E-state index < -0.39 is 0 Å². The lowest BCUT2D eigenvalue weighted by Crippen LogP contribution is -2.30. The van der Waals surface area contributed by atoms with E-state index in [-0.39, 0.29) is 0 Å². The fourth-order valence-corrected chi connectivity index (χ4v) is 2.62. The van der Waals surface area contributed by atoms with E-state index in [0.717, 1.165) is 10.7 Å². The number of thiazole rings is 1. The summed E-state index contributed by atoms with van der Waals surface area (Å²) >= 11 is 1.68. The van der Waals surface area contributed by atoms with Crippen molar-refractivity contribution in [1.29, 1.82) is 0 Å². The third-order valence-corrected chi connectivity index (χ3v) is 3.80. The van der Waals surface area contributed by atoms with Gasteiger partial charge in [-0.25, -0.2) is 4.98 Å². The van der Waals surface area contributed by atoms with Crippen LogP contribution in [-0.2, 0) is 0 Å². The van der Waals surface area contributed by atoms with Gasteiger partial charge in [-0.2, -0.15) is 0 Å². The van der Waals surface area contributed by atoms with Crippen LogP contribution in [0.15, 0.2) is 17.8 Å². The number of hydrogen-bond acceptors (Lipinski definition) is 3. The summed E-state index contributed by atoms with van der Waals surface area (Å²) in [4.78, 5) is 5.69. The second-order valence-corrected chi connectivity index (χ2v) is 5.03. The van der Waals surface area contributed by atoms with E-state index in [0.29, 0.717) is 12.1 Å². The van der Waals surface area contributed by atoms with Crippen molar-refractivity contribution >= 4 is 16.3 Å². The first-order valence-electron chi connectivity index (χ1n) is 5.92. The molecule has 16 heavy (non-hydrogen) atoms. The Kier molecular flexibility index (Phi) is 3.61. The van der Waals surface area contributed by atoms with Crippen LogP contribution in [0.1, 0.15) is 45.3 Å². The quantitative estimate of drug-likeness (QED) is 0.865. The van der Waals surface area contributed by atoms with E-state index in [1.54, 1.807) is 11.3 Å². The molecule has 0 aromatic carbocycles. The molecule has 2 rings (SSSR count). The zero-order valence-corrected chi connectivity index (χ0v) is 10.9. The summed E-state index contributed by atoms with van der Waals surface area (Å²) in [6.45, 7) is 6.63. The summed E-state index contributed by atoms with van der Waals surface area (Å²) in [6, 6.07) is 0.923. The highest BCUT2D eigenvalue weighted by Crippen LogP contribution is 2.17. The summed E-state index contributed by atoms with van der Waals surface area (Å²) in [5.74, 6) is 0. The van der Waals surface area contributed by atoms with Crippen LogP contribution in [0.5, 0.6) is 0 Å². The summed E-state index contributed by atoms with van der Waals surface area (Å²) in [5, 5.41) is 5.67. The predicted molar refractivity (Wildman–Crippen MR) is 69.0 cm³/mol. The van der Waals surface area contributed by atoms with E-state index in [1.807, 2.05) is 0 Å². The van der Waals surface area contributed by atoms with E-state index >= 15 is 0 Å². The molecule has 2 heterocycles. The number of fused-ring (bicyclic) bond motifs is 1. The Morgan fingerprint density at radius 3 is 2.81 bits per heavy atom. The van der Waals surface area contributed by atoms with Crippen LogP contribution in [-0.4, -0.2) is 15.4 Å². The van der Waals surface area contributed by atoms with Crippen LogP contribution in [0.2, 0.25) is 0 Å². The van der Waals surface area contributed by atoms with Gasteiger partial charge in [0, 0.05) is 29.9 Å². The molecule has 1 atom stereocenters. The molecular weight excluding hydrogens is 218 g/mol. The molecule has 0 radical (unpaired) electrons. The summed E-state index contributed by atoms with van der Waals surface area (Å²) in [6.07, 6.45) is 6.51. The minimum Gasteiger partial charge on any atom is -0.306 e. The smallest absolute Gasteiger partial charge is 0.193 e. The lowest BCUT2D eigenvalue weighted by Gasteiger charge is -2.19. The van der Waals surface area contributed by atoms with Gasteiger partial charge in [0.25, 0.3) is 0 Å². The summed E-state index contributed by atoms with van der Waals surface area (Å²) < 4.78 is 2.09. The van der Waals surface area contributed by atoms with Crippen molar-refractivity contribution in [3.63, 3.8) is 0 Å². The minimum atomic E-state index is 0.331. The molecule has 0 fully saturated rings. The standard InChI is InChI=1S/C12H19N3S/c1-4-10(5-2)13-9(3)11-8-15-6-7-16-12(15)14-11/h6-10,13H,4-5H2,1-3H3/t9-/m0/s1. The van der Waals surface area contributed by atoms with Crippen molar-refractivity contribution in [1.82, 2.24) is 14.7 Å². The summed E-state index contributed by atoms with van der Waals surface area (Å²) in [7, 11) is 0. The average molecular weight is 237 g/mol. The lowest BCUT2D eigenvalue weighted by molar-refractivity contribution is 0.428. The maximum Gasteiger partial charge on any atom is 0.193 e. The molecule has 0 spiro atoms. The largest absolute Gasteiger partial charge is 0.306 e. The van der Waals surface area contributed by atoms with Crippen molar-refractivity contribution in [2.45, 2.75) is 45.7 Å². The number of nitrogens with one attached hydrogen (secondary N) is 1. The minimum absolute atomic E-state index is 0.331. The van der Waals surface area contributed by atoms with Crippen molar-refractivity contribution in [2.24, 2.45) is 0 Å². The van der Waals surface area contributed by atoms with Gasteiger partial charge in [0.2, 0.25) is 0 Å². The highest BCUT2D eigenvalue weighted by Gasteiger charge is 2.13. The first-order valence-corrected chi connectivity index (χ1v) is 6.80. The van der Waals surface area contributed by atoms with Gasteiger partial charge < -0.3 is 5.32 Å². The van der Waals surface area contributed by atoms with E-state index in [4.69, 9.17) is 0 Å². The van der Waals surface area contributed by atoms with Crippen LogP contribution in [0.25, 0.3) is 4.96 Å². The molecule has 0 aliphatic heterocycles. The van der Waals surface area contributed by atoms with Crippen molar-refractivity contribution in [2.75, 3.05) is 0 Å². The molecule has 1 N–H and O–H groups in total.